The molecule has 0 spiro atoms. The fraction of sp³-hybridized carbons (Fsp3) is 0.455. The number of hydrogen-bond donors (Lipinski definition) is 3. The summed E-state index contributed by atoms with van der Waals surface area (Å²) in [6.45, 7) is 3.53. The zero-order chi connectivity index (χ0) is 16.3. The van der Waals surface area contributed by atoms with E-state index in [0.717, 1.165) is 11.8 Å². The van der Waals surface area contributed by atoms with Gasteiger partial charge < -0.3 is 15.2 Å². The second-order valence-electron chi connectivity index (χ2n) is 3.19. The SMILES string of the molecule is CCOC(=O)N/N=C(N)/C(C(=O)OCC)=C(\NC#N)SC. The number of esters is 1. The molecule has 0 rings (SSSR count). The summed E-state index contributed by atoms with van der Waals surface area (Å²) in [6, 6.07) is 0. The maximum atomic E-state index is 11.9. The maximum absolute atomic E-state index is 11.9. The summed E-state index contributed by atoms with van der Waals surface area (Å²) in [5.41, 5.74) is 7.53. The molecule has 21 heavy (non-hydrogen) atoms. The molecule has 0 atom stereocenters. The standard InChI is InChI=1S/C11H17N5O4S/c1-4-19-10(17)7(9(21-3)14-6-12)8(13)15-16-11(18)20-5-2/h14H,4-5H2,1-3H3,(H2,13,15)(H,16,18)/b9-7-. The molecule has 0 aliphatic rings. The summed E-state index contributed by atoms with van der Waals surface area (Å²) in [4.78, 5) is 23.0. The van der Waals surface area contributed by atoms with Crippen LogP contribution in [0.4, 0.5) is 4.79 Å². The van der Waals surface area contributed by atoms with E-state index in [0.29, 0.717) is 0 Å². The van der Waals surface area contributed by atoms with Gasteiger partial charge in [-0.2, -0.15) is 10.4 Å². The van der Waals surface area contributed by atoms with Gasteiger partial charge in [0.1, 0.15) is 5.57 Å². The van der Waals surface area contributed by atoms with Crippen LogP contribution in [0, 0.1) is 11.5 Å². The molecule has 0 saturated carbocycles. The number of hydrazone groups is 1. The Morgan fingerprint density at radius 2 is 1.95 bits per heavy atom. The predicted molar refractivity (Wildman–Crippen MR) is 77.7 cm³/mol. The molecule has 4 N–H and O–H groups in total. The number of nitriles is 1. The molecule has 10 heteroatoms. The number of carbonyl (C=O) groups excluding carboxylic acids is 2. The summed E-state index contributed by atoms with van der Waals surface area (Å²) in [5.74, 6) is -1.08. The van der Waals surface area contributed by atoms with Crippen LogP contribution in [0.15, 0.2) is 15.7 Å². The molecule has 0 bridgehead atoms. The Hall–Kier alpha value is -2.41. The highest BCUT2D eigenvalue weighted by Gasteiger charge is 2.21. The quantitative estimate of drug-likeness (QED) is 0.115. The average molecular weight is 315 g/mol. The molecule has 0 aliphatic heterocycles. The molecule has 0 heterocycles. The molecule has 0 fully saturated rings. The number of nitrogens with two attached hydrogens (primary N) is 1. The van der Waals surface area contributed by atoms with E-state index in [1.807, 2.05) is 5.43 Å². The monoisotopic (exact) mass is 315 g/mol. The first-order valence-corrected chi connectivity index (χ1v) is 7.10. The Morgan fingerprint density at radius 3 is 2.43 bits per heavy atom. The van der Waals surface area contributed by atoms with Crippen LogP contribution in [-0.4, -0.2) is 37.4 Å². The Kier molecular flexibility index (Phi) is 9.19. The normalized spacial score (nSPS) is 11.8. The minimum Gasteiger partial charge on any atom is -0.462 e. The van der Waals surface area contributed by atoms with Gasteiger partial charge >= 0.3 is 12.1 Å². The molecular formula is C11H17N5O4S. The molecule has 116 valence electrons. The maximum Gasteiger partial charge on any atom is 0.427 e. The Morgan fingerprint density at radius 1 is 1.33 bits per heavy atom. The lowest BCUT2D eigenvalue weighted by atomic mass is 10.2. The zero-order valence-corrected chi connectivity index (χ0v) is 12.7. The second kappa shape index (κ2) is 10.4. The van der Waals surface area contributed by atoms with E-state index in [9.17, 15) is 9.59 Å². The summed E-state index contributed by atoms with van der Waals surface area (Å²) in [6.07, 6.45) is 2.49. The van der Waals surface area contributed by atoms with Crippen molar-refractivity contribution in [1.82, 2.24) is 10.7 Å². The highest BCUT2D eigenvalue weighted by atomic mass is 32.2. The van der Waals surface area contributed by atoms with Crippen LogP contribution >= 0.6 is 11.8 Å². The minimum absolute atomic E-state index is 0.120. The number of amidine groups is 1. The highest BCUT2D eigenvalue weighted by Crippen LogP contribution is 2.15. The van der Waals surface area contributed by atoms with Gasteiger partial charge in [0.15, 0.2) is 12.0 Å². The van der Waals surface area contributed by atoms with Crippen LogP contribution in [-0.2, 0) is 14.3 Å². The van der Waals surface area contributed by atoms with Crippen LogP contribution in [0.3, 0.4) is 0 Å². The molecule has 0 aromatic carbocycles. The van der Waals surface area contributed by atoms with E-state index in [4.69, 9.17) is 15.7 Å². The van der Waals surface area contributed by atoms with Gasteiger partial charge in [0.05, 0.1) is 18.2 Å². The van der Waals surface area contributed by atoms with Crippen LogP contribution in [0.5, 0.6) is 0 Å². The topological polar surface area (TPSA) is 139 Å². The van der Waals surface area contributed by atoms with Crippen molar-refractivity contribution in [1.29, 1.82) is 5.26 Å². The van der Waals surface area contributed by atoms with Gasteiger partial charge in [0.2, 0.25) is 0 Å². The lowest BCUT2D eigenvalue weighted by Crippen LogP contribution is -2.30. The molecular weight excluding hydrogens is 298 g/mol. The molecule has 0 saturated heterocycles. The van der Waals surface area contributed by atoms with Crippen molar-refractivity contribution in [3.05, 3.63) is 10.6 Å². The van der Waals surface area contributed by atoms with Crippen LogP contribution < -0.4 is 16.5 Å². The van der Waals surface area contributed by atoms with E-state index in [-0.39, 0.29) is 29.7 Å². The van der Waals surface area contributed by atoms with Gasteiger partial charge in [0.25, 0.3) is 0 Å². The number of nitrogens with zero attached hydrogens (tertiary/aromatic N) is 2. The molecule has 0 aromatic heterocycles. The number of hydrogen-bond acceptors (Lipinski definition) is 8. The van der Waals surface area contributed by atoms with Gasteiger partial charge in [-0.15, -0.1) is 11.8 Å². The van der Waals surface area contributed by atoms with Crippen molar-refractivity contribution in [3.63, 3.8) is 0 Å². The van der Waals surface area contributed by atoms with Gasteiger partial charge in [-0.3, -0.25) is 5.32 Å². The van der Waals surface area contributed by atoms with Gasteiger partial charge in [-0.1, -0.05) is 0 Å². The average Bonchev–Trinajstić information content (AvgIpc) is 2.45. The van der Waals surface area contributed by atoms with Crippen molar-refractivity contribution < 1.29 is 19.1 Å². The summed E-state index contributed by atoms with van der Waals surface area (Å²) >= 11 is 1.07. The largest absolute Gasteiger partial charge is 0.462 e. The summed E-state index contributed by atoms with van der Waals surface area (Å²) in [7, 11) is 0. The number of rotatable bonds is 7. The van der Waals surface area contributed by atoms with E-state index in [1.165, 1.54) is 0 Å². The molecule has 1 amide bonds. The fourth-order valence-corrected chi connectivity index (χ4v) is 1.65. The van der Waals surface area contributed by atoms with Crippen LogP contribution in [0.25, 0.3) is 0 Å². The lowest BCUT2D eigenvalue weighted by Gasteiger charge is -2.11. The molecule has 0 radical (unpaired) electrons. The second-order valence-corrected chi connectivity index (χ2v) is 4.01. The minimum atomic E-state index is -0.817. The van der Waals surface area contributed by atoms with E-state index >= 15 is 0 Å². The number of ether oxygens (including phenoxy) is 2. The smallest absolute Gasteiger partial charge is 0.427 e. The van der Waals surface area contributed by atoms with Crippen molar-refractivity contribution in [3.8, 4) is 6.19 Å². The number of thioether (sulfide) groups is 1. The number of carbonyl (C=O) groups is 2. The molecule has 0 unspecified atom stereocenters. The molecule has 0 aliphatic carbocycles. The highest BCUT2D eigenvalue weighted by molar-refractivity contribution is 8.02. The predicted octanol–water partition coefficient (Wildman–Crippen LogP) is 0.213. The van der Waals surface area contributed by atoms with E-state index < -0.39 is 12.1 Å². The van der Waals surface area contributed by atoms with Crippen LogP contribution in [0.2, 0.25) is 0 Å². The molecule has 0 aromatic rings. The van der Waals surface area contributed by atoms with Crippen LogP contribution in [0.1, 0.15) is 13.8 Å². The van der Waals surface area contributed by atoms with Gasteiger partial charge in [-0.05, 0) is 20.1 Å². The van der Waals surface area contributed by atoms with Crippen molar-refractivity contribution in [2.75, 3.05) is 19.5 Å². The van der Waals surface area contributed by atoms with Crippen molar-refractivity contribution >= 4 is 29.7 Å². The number of nitrogens with one attached hydrogen (secondary N) is 2. The third-order valence-corrected chi connectivity index (χ3v) is 2.59. The first-order chi connectivity index (χ1) is 10.0. The number of amides is 1. The van der Waals surface area contributed by atoms with E-state index in [2.05, 4.69) is 15.2 Å². The van der Waals surface area contributed by atoms with E-state index in [1.54, 1.807) is 26.3 Å². The Bertz CT molecular complexity index is 483. The first-order valence-electron chi connectivity index (χ1n) is 5.88. The van der Waals surface area contributed by atoms with Gasteiger partial charge in [0, 0.05) is 0 Å². The summed E-state index contributed by atoms with van der Waals surface area (Å²) < 4.78 is 9.44. The fourth-order valence-electron chi connectivity index (χ4n) is 1.11. The van der Waals surface area contributed by atoms with Crippen molar-refractivity contribution in [2.45, 2.75) is 13.8 Å². The molecule has 9 nitrogen and oxygen atoms in total. The third kappa shape index (κ3) is 6.53. The first kappa shape index (κ1) is 18.6. The summed E-state index contributed by atoms with van der Waals surface area (Å²) in [5, 5.41) is 14.7. The van der Waals surface area contributed by atoms with Gasteiger partial charge in [-0.25, -0.2) is 15.0 Å². The Balaban J connectivity index is 5.39. The van der Waals surface area contributed by atoms with Crippen molar-refractivity contribution in [2.24, 2.45) is 10.8 Å². The zero-order valence-electron chi connectivity index (χ0n) is 11.9. The lowest BCUT2D eigenvalue weighted by molar-refractivity contribution is -0.137. The Labute approximate surface area is 126 Å². The third-order valence-electron chi connectivity index (χ3n) is 1.88.